The largest absolute Gasteiger partial charge is 0.476 e. The molecule has 1 amide bonds. The van der Waals surface area contributed by atoms with E-state index in [0.717, 1.165) is 12.8 Å². The van der Waals surface area contributed by atoms with Gasteiger partial charge < -0.3 is 16.2 Å². The summed E-state index contributed by atoms with van der Waals surface area (Å²) in [5.41, 5.74) is 10.9. The van der Waals surface area contributed by atoms with Gasteiger partial charge in [-0.3, -0.25) is 4.79 Å². The number of rotatable bonds is 5. The minimum atomic E-state index is -0.630. The van der Waals surface area contributed by atoms with Gasteiger partial charge in [0.1, 0.15) is 11.3 Å². The SMILES string of the molecule is NC(=O)c1ccc(N=CC=C(N)OC2CC2)nc1Cl. The third-order valence-corrected chi connectivity index (χ3v) is 2.66. The highest BCUT2D eigenvalue weighted by Gasteiger charge is 2.23. The van der Waals surface area contributed by atoms with E-state index < -0.39 is 5.91 Å². The van der Waals surface area contributed by atoms with E-state index in [-0.39, 0.29) is 16.8 Å². The van der Waals surface area contributed by atoms with Gasteiger partial charge in [-0.05, 0) is 25.0 Å². The molecule has 1 aromatic heterocycles. The fourth-order valence-electron chi connectivity index (χ4n) is 1.29. The second-order valence-electron chi connectivity index (χ2n) is 4.04. The summed E-state index contributed by atoms with van der Waals surface area (Å²) in [5, 5.41) is 0.0216. The number of amides is 1. The quantitative estimate of drug-likeness (QED) is 0.485. The summed E-state index contributed by atoms with van der Waals surface area (Å²) in [6.45, 7) is 0. The van der Waals surface area contributed by atoms with Crippen LogP contribution in [0.2, 0.25) is 5.15 Å². The van der Waals surface area contributed by atoms with Gasteiger partial charge in [-0.15, -0.1) is 0 Å². The van der Waals surface area contributed by atoms with E-state index in [1.165, 1.54) is 24.4 Å². The molecule has 100 valence electrons. The van der Waals surface area contributed by atoms with Crippen molar-refractivity contribution in [3.8, 4) is 0 Å². The number of hydrogen-bond donors (Lipinski definition) is 2. The average Bonchev–Trinajstić information content (AvgIpc) is 3.12. The molecular weight excluding hydrogens is 268 g/mol. The van der Waals surface area contributed by atoms with Gasteiger partial charge in [-0.2, -0.15) is 0 Å². The Morgan fingerprint density at radius 1 is 1.47 bits per heavy atom. The molecule has 0 aromatic carbocycles. The van der Waals surface area contributed by atoms with Gasteiger partial charge in [-0.25, -0.2) is 9.98 Å². The Hall–Kier alpha value is -2.08. The predicted octanol–water partition coefficient (Wildman–Crippen LogP) is 1.52. The van der Waals surface area contributed by atoms with Crippen LogP contribution < -0.4 is 11.5 Å². The van der Waals surface area contributed by atoms with Gasteiger partial charge in [0.2, 0.25) is 0 Å². The molecule has 0 spiro atoms. The van der Waals surface area contributed by atoms with Gasteiger partial charge in [0.05, 0.1) is 5.56 Å². The van der Waals surface area contributed by atoms with Gasteiger partial charge >= 0.3 is 0 Å². The van der Waals surface area contributed by atoms with Crippen LogP contribution in [-0.2, 0) is 4.74 Å². The molecule has 0 atom stereocenters. The van der Waals surface area contributed by atoms with Gasteiger partial charge in [0.25, 0.3) is 5.91 Å². The molecule has 0 unspecified atom stereocenters. The van der Waals surface area contributed by atoms with Crippen LogP contribution in [0.25, 0.3) is 0 Å². The molecule has 1 fully saturated rings. The predicted molar refractivity (Wildman–Crippen MR) is 72.3 cm³/mol. The molecule has 0 saturated heterocycles. The lowest BCUT2D eigenvalue weighted by Crippen LogP contribution is -2.11. The zero-order valence-electron chi connectivity index (χ0n) is 10.0. The average molecular weight is 281 g/mol. The highest BCUT2D eigenvalue weighted by Crippen LogP contribution is 2.24. The zero-order chi connectivity index (χ0) is 13.8. The molecule has 0 bridgehead atoms. The van der Waals surface area contributed by atoms with Crippen molar-refractivity contribution in [1.82, 2.24) is 4.98 Å². The molecule has 2 rings (SSSR count). The molecule has 7 heteroatoms. The van der Waals surface area contributed by atoms with E-state index in [1.807, 2.05) is 0 Å². The molecule has 1 aromatic rings. The zero-order valence-corrected chi connectivity index (χ0v) is 10.8. The summed E-state index contributed by atoms with van der Waals surface area (Å²) < 4.78 is 5.31. The third kappa shape index (κ3) is 3.96. The second-order valence-corrected chi connectivity index (χ2v) is 4.39. The van der Waals surface area contributed by atoms with Gasteiger partial charge in [0, 0.05) is 12.3 Å². The molecule has 19 heavy (non-hydrogen) atoms. The Balaban J connectivity index is 2.02. The first-order chi connectivity index (χ1) is 9.06. The van der Waals surface area contributed by atoms with E-state index in [1.54, 1.807) is 0 Å². The van der Waals surface area contributed by atoms with Crippen molar-refractivity contribution in [3.05, 3.63) is 34.8 Å². The number of pyridine rings is 1. The van der Waals surface area contributed by atoms with E-state index in [2.05, 4.69) is 9.98 Å². The van der Waals surface area contributed by atoms with E-state index in [4.69, 9.17) is 27.8 Å². The maximum absolute atomic E-state index is 11.0. The van der Waals surface area contributed by atoms with Crippen LogP contribution in [0.15, 0.2) is 29.1 Å². The van der Waals surface area contributed by atoms with E-state index >= 15 is 0 Å². The third-order valence-electron chi connectivity index (χ3n) is 2.37. The lowest BCUT2D eigenvalue weighted by Gasteiger charge is -2.01. The first-order valence-electron chi connectivity index (χ1n) is 5.69. The van der Waals surface area contributed by atoms with Crippen LogP contribution in [0.5, 0.6) is 0 Å². The topological polar surface area (TPSA) is 104 Å². The molecule has 4 N–H and O–H groups in total. The number of nitrogens with zero attached hydrogens (tertiary/aromatic N) is 2. The molecule has 6 nitrogen and oxygen atoms in total. The number of aliphatic imine (C=N–C) groups is 1. The molecule has 1 aliphatic carbocycles. The molecule has 1 aliphatic rings. The van der Waals surface area contributed by atoms with Crippen molar-refractivity contribution in [1.29, 1.82) is 0 Å². The molecule has 0 aliphatic heterocycles. The van der Waals surface area contributed by atoms with Crippen molar-refractivity contribution in [3.63, 3.8) is 0 Å². The first kappa shape index (κ1) is 13.4. The number of carbonyl (C=O) groups is 1. The fourth-order valence-corrected chi connectivity index (χ4v) is 1.53. The van der Waals surface area contributed by atoms with E-state index in [0.29, 0.717) is 11.7 Å². The van der Waals surface area contributed by atoms with Crippen molar-refractivity contribution in [2.75, 3.05) is 0 Å². The van der Waals surface area contributed by atoms with Gasteiger partial charge in [0.15, 0.2) is 11.7 Å². The van der Waals surface area contributed by atoms with Crippen LogP contribution in [-0.4, -0.2) is 23.2 Å². The smallest absolute Gasteiger partial charge is 0.251 e. The van der Waals surface area contributed by atoms with Crippen LogP contribution in [0.4, 0.5) is 5.82 Å². The van der Waals surface area contributed by atoms with E-state index in [9.17, 15) is 4.79 Å². The second kappa shape index (κ2) is 5.71. The molecule has 1 saturated carbocycles. The number of aromatic nitrogens is 1. The minimum Gasteiger partial charge on any atom is -0.476 e. The Bertz CT molecular complexity index is 553. The number of allylic oxidation sites excluding steroid dienone is 1. The summed E-state index contributed by atoms with van der Waals surface area (Å²) in [7, 11) is 0. The summed E-state index contributed by atoms with van der Waals surface area (Å²) in [4.78, 5) is 18.9. The monoisotopic (exact) mass is 280 g/mol. The first-order valence-corrected chi connectivity index (χ1v) is 6.07. The Morgan fingerprint density at radius 3 is 2.79 bits per heavy atom. The summed E-state index contributed by atoms with van der Waals surface area (Å²) in [5.74, 6) is 0.0339. The van der Waals surface area contributed by atoms with Crippen LogP contribution in [0.1, 0.15) is 23.2 Å². The fraction of sp³-hybridized carbons (Fsp3) is 0.250. The number of nitrogens with two attached hydrogens (primary N) is 2. The number of ether oxygens (including phenoxy) is 1. The summed E-state index contributed by atoms with van der Waals surface area (Å²) in [6, 6.07) is 3.01. The van der Waals surface area contributed by atoms with Gasteiger partial charge in [-0.1, -0.05) is 11.6 Å². The number of carbonyl (C=O) groups excluding carboxylic acids is 1. The van der Waals surface area contributed by atoms with Crippen LogP contribution >= 0.6 is 11.6 Å². The summed E-state index contributed by atoms with van der Waals surface area (Å²) >= 11 is 5.79. The molecular formula is C12H13ClN4O2. The lowest BCUT2D eigenvalue weighted by molar-refractivity contribution is 0.1000. The highest BCUT2D eigenvalue weighted by molar-refractivity contribution is 6.32. The Morgan fingerprint density at radius 2 is 2.21 bits per heavy atom. The Kier molecular flexibility index (Phi) is 4.01. The van der Waals surface area contributed by atoms with Crippen molar-refractivity contribution in [2.45, 2.75) is 18.9 Å². The van der Waals surface area contributed by atoms with Crippen molar-refractivity contribution in [2.24, 2.45) is 16.5 Å². The normalized spacial score (nSPS) is 15.7. The van der Waals surface area contributed by atoms with Crippen molar-refractivity contribution < 1.29 is 9.53 Å². The minimum absolute atomic E-state index is 0.0216. The lowest BCUT2D eigenvalue weighted by atomic mass is 10.3. The summed E-state index contributed by atoms with van der Waals surface area (Å²) in [6.07, 6.45) is 5.32. The molecule has 1 heterocycles. The number of halogens is 1. The highest BCUT2D eigenvalue weighted by atomic mass is 35.5. The van der Waals surface area contributed by atoms with Crippen LogP contribution in [0, 0.1) is 0 Å². The molecule has 0 radical (unpaired) electrons. The number of hydrogen-bond acceptors (Lipinski definition) is 5. The number of primary amides is 1. The van der Waals surface area contributed by atoms with Crippen molar-refractivity contribution >= 4 is 29.5 Å². The van der Waals surface area contributed by atoms with Crippen LogP contribution in [0.3, 0.4) is 0 Å². The Labute approximate surface area is 115 Å². The maximum Gasteiger partial charge on any atom is 0.251 e. The maximum atomic E-state index is 11.0. The standard InChI is InChI=1S/C12H13ClN4O2/c13-11-8(12(15)18)3-4-10(17-11)16-6-5-9(14)19-7-1-2-7/h3-7H,1-2,14H2,(H2,15,18).